The summed E-state index contributed by atoms with van der Waals surface area (Å²) in [5.41, 5.74) is 1.64. The van der Waals surface area contributed by atoms with E-state index in [1.165, 1.54) is 31.2 Å². The zero-order valence-electron chi connectivity index (χ0n) is 13.0. The zero-order valence-corrected chi connectivity index (χ0v) is 13.0. The summed E-state index contributed by atoms with van der Waals surface area (Å²) in [5.74, 6) is -1.52. The Hall–Kier alpha value is -3.02. The first-order chi connectivity index (χ1) is 11.4. The molecule has 0 aliphatic rings. The molecule has 0 fully saturated rings. The van der Waals surface area contributed by atoms with Crippen LogP contribution in [0.5, 0.6) is 0 Å². The fraction of sp³-hybridized carbons (Fsp3) is 0.167. The van der Waals surface area contributed by atoms with Gasteiger partial charge in [0.15, 0.2) is 12.4 Å². The van der Waals surface area contributed by atoms with Crippen LogP contribution in [-0.4, -0.2) is 24.3 Å². The summed E-state index contributed by atoms with van der Waals surface area (Å²) < 4.78 is 17.6. The smallest absolute Gasteiger partial charge is 0.310 e. The molecule has 2 aromatic carbocycles. The van der Waals surface area contributed by atoms with Crippen molar-refractivity contribution in [1.29, 1.82) is 0 Å². The number of carbonyl (C=O) groups is 3. The van der Waals surface area contributed by atoms with Crippen LogP contribution in [0.1, 0.15) is 22.8 Å². The van der Waals surface area contributed by atoms with E-state index >= 15 is 0 Å². The lowest BCUT2D eigenvalue weighted by atomic mass is 10.1. The highest BCUT2D eigenvalue weighted by Gasteiger charge is 2.09. The Kier molecular flexibility index (Phi) is 5.78. The molecule has 5 nitrogen and oxygen atoms in total. The molecule has 6 heteroatoms. The Bertz CT molecular complexity index is 739. The topological polar surface area (TPSA) is 72.5 Å². The van der Waals surface area contributed by atoms with E-state index in [1.807, 2.05) is 0 Å². The van der Waals surface area contributed by atoms with Gasteiger partial charge in [0.2, 0.25) is 0 Å². The third kappa shape index (κ3) is 5.31. The Morgan fingerprint density at radius 3 is 2.21 bits per heavy atom. The maximum Gasteiger partial charge on any atom is 0.310 e. The third-order valence-electron chi connectivity index (χ3n) is 3.20. The average Bonchev–Trinajstić information content (AvgIpc) is 2.55. The van der Waals surface area contributed by atoms with Gasteiger partial charge >= 0.3 is 5.97 Å². The van der Waals surface area contributed by atoms with E-state index < -0.39 is 18.5 Å². The first-order valence-electron chi connectivity index (χ1n) is 7.25. The maximum absolute atomic E-state index is 12.8. The first kappa shape index (κ1) is 17.3. The molecule has 1 amide bonds. The van der Waals surface area contributed by atoms with Crippen molar-refractivity contribution in [3.05, 3.63) is 65.5 Å². The molecule has 124 valence electrons. The van der Waals surface area contributed by atoms with Crippen LogP contribution in [0.4, 0.5) is 10.1 Å². The summed E-state index contributed by atoms with van der Waals surface area (Å²) in [6, 6.07) is 11.8. The van der Waals surface area contributed by atoms with E-state index in [2.05, 4.69) is 5.32 Å². The minimum absolute atomic E-state index is 0.0408. The van der Waals surface area contributed by atoms with Crippen LogP contribution in [0.3, 0.4) is 0 Å². The van der Waals surface area contributed by atoms with Crippen LogP contribution in [0.2, 0.25) is 0 Å². The Labute approximate surface area is 138 Å². The van der Waals surface area contributed by atoms with Gasteiger partial charge in [-0.05, 0) is 48.9 Å². The summed E-state index contributed by atoms with van der Waals surface area (Å²) in [5, 5.41) is 2.56. The average molecular weight is 329 g/mol. The molecular formula is C18H16FNO4. The van der Waals surface area contributed by atoms with Crippen LogP contribution < -0.4 is 5.32 Å². The fourth-order valence-electron chi connectivity index (χ4n) is 1.95. The van der Waals surface area contributed by atoms with Gasteiger partial charge in [-0.15, -0.1) is 0 Å². The number of carbonyl (C=O) groups excluding carboxylic acids is 3. The Balaban J connectivity index is 1.78. The molecular weight excluding hydrogens is 313 g/mol. The van der Waals surface area contributed by atoms with E-state index in [0.717, 1.165) is 0 Å². The van der Waals surface area contributed by atoms with Gasteiger partial charge in [0.25, 0.3) is 5.91 Å². The number of halogens is 1. The lowest BCUT2D eigenvalue weighted by molar-refractivity contribution is -0.146. The standard InChI is InChI=1S/C18H16FNO4/c1-12(21)14-4-8-16(9-5-14)20-17(22)11-24-18(23)10-13-2-6-15(19)7-3-13/h2-9H,10-11H2,1H3,(H,20,22). The zero-order chi connectivity index (χ0) is 17.5. The molecule has 0 saturated carbocycles. The van der Waals surface area contributed by atoms with E-state index in [1.54, 1.807) is 24.3 Å². The maximum atomic E-state index is 12.8. The second-order valence-electron chi connectivity index (χ2n) is 5.15. The molecule has 0 unspecified atom stereocenters. The minimum atomic E-state index is -0.580. The molecule has 0 radical (unpaired) electrons. The van der Waals surface area contributed by atoms with Crippen molar-refractivity contribution in [1.82, 2.24) is 0 Å². The van der Waals surface area contributed by atoms with Gasteiger partial charge in [-0.2, -0.15) is 0 Å². The van der Waals surface area contributed by atoms with Crippen molar-refractivity contribution in [3.63, 3.8) is 0 Å². The highest BCUT2D eigenvalue weighted by molar-refractivity contribution is 5.96. The number of rotatable bonds is 6. The SMILES string of the molecule is CC(=O)c1ccc(NC(=O)COC(=O)Cc2ccc(F)cc2)cc1. The normalized spacial score (nSPS) is 10.1. The lowest BCUT2D eigenvalue weighted by Crippen LogP contribution is -2.21. The number of esters is 1. The highest BCUT2D eigenvalue weighted by atomic mass is 19.1. The van der Waals surface area contributed by atoms with E-state index in [-0.39, 0.29) is 18.0 Å². The largest absolute Gasteiger partial charge is 0.455 e. The second-order valence-corrected chi connectivity index (χ2v) is 5.15. The number of Topliss-reactive ketones (excluding diaryl/α,β-unsaturated/α-hetero) is 1. The van der Waals surface area contributed by atoms with Gasteiger partial charge < -0.3 is 10.1 Å². The third-order valence-corrected chi connectivity index (χ3v) is 3.20. The predicted octanol–water partition coefficient (Wildman–Crippen LogP) is 2.75. The van der Waals surface area contributed by atoms with Crippen molar-refractivity contribution in [2.75, 3.05) is 11.9 Å². The minimum Gasteiger partial charge on any atom is -0.455 e. The number of benzene rings is 2. The fourth-order valence-corrected chi connectivity index (χ4v) is 1.95. The molecule has 0 saturated heterocycles. The lowest BCUT2D eigenvalue weighted by Gasteiger charge is -2.07. The number of ether oxygens (including phenoxy) is 1. The molecule has 0 aliphatic heterocycles. The molecule has 0 bridgehead atoms. The van der Waals surface area contributed by atoms with Gasteiger partial charge in [0.1, 0.15) is 5.82 Å². The molecule has 0 aromatic heterocycles. The molecule has 24 heavy (non-hydrogen) atoms. The van der Waals surface area contributed by atoms with Gasteiger partial charge in [0, 0.05) is 11.3 Å². The molecule has 1 N–H and O–H groups in total. The van der Waals surface area contributed by atoms with Gasteiger partial charge in [-0.3, -0.25) is 14.4 Å². The molecule has 0 spiro atoms. The van der Waals surface area contributed by atoms with Crippen LogP contribution in [0.15, 0.2) is 48.5 Å². The molecule has 0 aliphatic carbocycles. The number of nitrogens with one attached hydrogen (secondary N) is 1. The number of anilines is 1. The van der Waals surface area contributed by atoms with Crippen molar-refractivity contribution >= 4 is 23.3 Å². The number of hydrogen-bond donors (Lipinski definition) is 1. The monoisotopic (exact) mass is 329 g/mol. The summed E-state index contributed by atoms with van der Waals surface area (Å²) >= 11 is 0. The number of amides is 1. The highest BCUT2D eigenvalue weighted by Crippen LogP contribution is 2.10. The summed E-state index contributed by atoms with van der Waals surface area (Å²) in [4.78, 5) is 34.5. The van der Waals surface area contributed by atoms with E-state index in [0.29, 0.717) is 16.8 Å². The predicted molar refractivity (Wildman–Crippen MR) is 86.1 cm³/mol. The van der Waals surface area contributed by atoms with Gasteiger partial charge in [-0.25, -0.2) is 4.39 Å². The van der Waals surface area contributed by atoms with E-state index in [4.69, 9.17) is 4.74 Å². The van der Waals surface area contributed by atoms with Crippen molar-refractivity contribution in [2.45, 2.75) is 13.3 Å². The van der Waals surface area contributed by atoms with Crippen molar-refractivity contribution < 1.29 is 23.5 Å². The summed E-state index contributed by atoms with van der Waals surface area (Å²) in [6.07, 6.45) is -0.0408. The van der Waals surface area contributed by atoms with E-state index in [9.17, 15) is 18.8 Å². The van der Waals surface area contributed by atoms with Crippen LogP contribution in [0.25, 0.3) is 0 Å². The molecule has 0 atom stereocenters. The first-order valence-corrected chi connectivity index (χ1v) is 7.25. The van der Waals surface area contributed by atoms with Crippen LogP contribution in [0, 0.1) is 5.82 Å². The van der Waals surface area contributed by atoms with Crippen LogP contribution in [-0.2, 0) is 20.7 Å². The quantitative estimate of drug-likeness (QED) is 0.653. The molecule has 2 rings (SSSR count). The molecule has 0 heterocycles. The Morgan fingerprint density at radius 2 is 1.62 bits per heavy atom. The number of hydrogen-bond acceptors (Lipinski definition) is 4. The van der Waals surface area contributed by atoms with Crippen LogP contribution >= 0.6 is 0 Å². The van der Waals surface area contributed by atoms with Gasteiger partial charge in [0.05, 0.1) is 6.42 Å². The van der Waals surface area contributed by atoms with Crippen molar-refractivity contribution in [2.24, 2.45) is 0 Å². The number of ketones is 1. The summed E-state index contributed by atoms with van der Waals surface area (Å²) in [6.45, 7) is 1.03. The Morgan fingerprint density at radius 1 is 1.00 bits per heavy atom. The second kappa shape index (κ2) is 8.01. The molecule has 2 aromatic rings. The summed E-state index contributed by atoms with van der Waals surface area (Å²) in [7, 11) is 0. The van der Waals surface area contributed by atoms with Crippen molar-refractivity contribution in [3.8, 4) is 0 Å². The van der Waals surface area contributed by atoms with Gasteiger partial charge in [-0.1, -0.05) is 12.1 Å².